The molecule has 0 bridgehead atoms. The monoisotopic (exact) mass is 550 g/mol. The fourth-order valence-electron chi connectivity index (χ4n) is 5.12. The quantitative estimate of drug-likeness (QED) is 0.458. The van der Waals surface area contributed by atoms with Crippen LogP contribution < -0.4 is 19.8 Å². The number of aliphatic hydroxyl groups excluding tert-OH is 1. The van der Waals surface area contributed by atoms with Crippen LogP contribution in [0.5, 0.6) is 0 Å². The van der Waals surface area contributed by atoms with Crippen LogP contribution in [0.2, 0.25) is 0 Å². The first kappa shape index (κ1) is 26.5. The first-order valence-electron chi connectivity index (χ1n) is 12.8. The van der Waals surface area contributed by atoms with E-state index < -0.39 is 34.2 Å². The first-order chi connectivity index (χ1) is 18.1. The highest BCUT2D eigenvalue weighted by atomic mass is 32.2. The van der Waals surface area contributed by atoms with Crippen molar-refractivity contribution in [3.63, 3.8) is 0 Å². The lowest BCUT2D eigenvalue weighted by atomic mass is 9.93. The lowest BCUT2D eigenvalue weighted by molar-refractivity contribution is -0.0221. The van der Waals surface area contributed by atoms with Crippen molar-refractivity contribution in [3.8, 4) is 0 Å². The molecule has 3 aliphatic rings. The molecule has 3 N–H and O–H groups in total. The molecular formula is C25H32F2N6O4S. The van der Waals surface area contributed by atoms with Crippen LogP contribution in [-0.2, 0) is 10.0 Å². The Labute approximate surface area is 220 Å². The number of piperidine rings is 2. The van der Waals surface area contributed by atoms with Crippen molar-refractivity contribution in [2.45, 2.75) is 44.4 Å². The Hall–Kier alpha value is -3.06. The molecular weight excluding hydrogens is 518 g/mol. The van der Waals surface area contributed by atoms with Gasteiger partial charge in [-0.3, -0.25) is 14.8 Å². The van der Waals surface area contributed by atoms with Gasteiger partial charge in [-0.05, 0) is 55.4 Å². The maximum absolute atomic E-state index is 13.6. The maximum atomic E-state index is 13.6. The van der Waals surface area contributed by atoms with Crippen LogP contribution >= 0.6 is 0 Å². The molecule has 0 unspecified atom stereocenters. The molecule has 0 radical (unpaired) electrons. The molecule has 0 atom stereocenters. The molecule has 5 rings (SSSR count). The second kappa shape index (κ2) is 10.3. The van der Waals surface area contributed by atoms with E-state index in [9.17, 15) is 22.0 Å². The minimum Gasteiger partial charge on any atom is -0.395 e. The van der Waals surface area contributed by atoms with Crippen LogP contribution in [0.15, 0.2) is 30.5 Å². The zero-order chi connectivity index (χ0) is 27.0. The Balaban J connectivity index is 1.36. The summed E-state index contributed by atoms with van der Waals surface area (Å²) in [4.78, 5) is 25.7. The van der Waals surface area contributed by atoms with Gasteiger partial charge >= 0.3 is 0 Å². The zero-order valence-electron chi connectivity index (χ0n) is 21.0. The lowest BCUT2D eigenvalue weighted by Crippen LogP contribution is -2.39. The highest BCUT2D eigenvalue weighted by molar-refractivity contribution is 7.92. The van der Waals surface area contributed by atoms with Crippen molar-refractivity contribution >= 4 is 39.1 Å². The van der Waals surface area contributed by atoms with Crippen molar-refractivity contribution in [2.24, 2.45) is 5.41 Å². The van der Waals surface area contributed by atoms with E-state index >= 15 is 0 Å². The van der Waals surface area contributed by atoms with Gasteiger partial charge in [0.25, 0.3) is 11.8 Å². The largest absolute Gasteiger partial charge is 0.395 e. The number of aromatic nitrogens is 2. The van der Waals surface area contributed by atoms with Gasteiger partial charge in [-0.1, -0.05) is 0 Å². The Morgan fingerprint density at radius 2 is 1.68 bits per heavy atom. The molecule has 1 aromatic carbocycles. The number of amides is 1. The topological polar surface area (TPSA) is 128 Å². The van der Waals surface area contributed by atoms with E-state index in [4.69, 9.17) is 5.11 Å². The smallest absolute Gasteiger partial charge is 0.260 e. The number of rotatable bonds is 8. The van der Waals surface area contributed by atoms with Crippen molar-refractivity contribution < 1.29 is 27.1 Å². The first-order valence-corrected chi connectivity index (χ1v) is 14.5. The number of nitrogens with one attached hydrogen (secondary N) is 2. The average molecular weight is 551 g/mol. The van der Waals surface area contributed by atoms with E-state index in [-0.39, 0.29) is 31.9 Å². The van der Waals surface area contributed by atoms with Gasteiger partial charge in [0.05, 0.1) is 29.3 Å². The number of nitrogens with zero attached hydrogens (tertiary/aromatic N) is 4. The van der Waals surface area contributed by atoms with Gasteiger partial charge in [0.1, 0.15) is 5.82 Å². The number of anilines is 4. The second-order valence-electron chi connectivity index (χ2n) is 10.4. The summed E-state index contributed by atoms with van der Waals surface area (Å²) in [5, 5.41) is 11.8. The van der Waals surface area contributed by atoms with E-state index in [2.05, 4.69) is 24.9 Å². The predicted molar refractivity (Wildman–Crippen MR) is 140 cm³/mol. The molecule has 2 aromatic rings. The number of carbonyl (C=O) groups is 1. The average Bonchev–Trinajstić information content (AvgIpc) is 3.63. The van der Waals surface area contributed by atoms with Gasteiger partial charge in [-0.15, -0.1) is 0 Å². The molecule has 13 heteroatoms. The highest BCUT2D eigenvalue weighted by Crippen LogP contribution is 2.54. The molecule has 10 nitrogen and oxygen atoms in total. The van der Waals surface area contributed by atoms with E-state index in [0.29, 0.717) is 28.2 Å². The highest BCUT2D eigenvalue weighted by Gasteiger charge is 2.44. The molecule has 3 heterocycles. The molecule has 2 saturated heterocycles. The van der Waals surface area contributed by atoms with Gasteiger partial charge < -0.3 is 14.9 Å². The minimum atomic E-state index is -3.74. The maximum Gasteiger partial charge on any atom is 0.260 e. The van der Waals surface area contributed by atoms with Gasteiger partial charge in [0.15, 0.2) is 0 Å². The van der Waals surface area contributed by atoms with Crippen molar-refractivity contribution in [3.05, 3.63) is 36.0 Å². The van der Waals surface area contributed by atoms with Crippen LogP contribution in [0, 0.1) is 5.41 Å². The third-order valence-corrected chi connectivity index (χ3v) is 8.95. The normalized spacial score (nSPS) is 20.3. The molecule has 38 heavy (non-hydrogen) atoms. The molecule has 1 aliphatic carbocycles. The number of carbonyl (C=O) groups excluding carboxylic acids is 1. The Morgan fingerprint density at radius 3 is 2.34 bits per heavy atom. The number of benzene rings is 1. The van der Waals surface area contributed by atoms with Crippen LogP contribution in [0.4, 0.5) is 31.9 Å². The van der Waals surface area contributed by atoms with Crippen LogP contribution in [0.25, 0.3) is 0 Å². The van der Waals surface area contributed by atoms with Crippen LogP contribution in [0.3, 0.4) is 0 Å². The van der Waals surface area contributed by atoms with E-state index in [1.165, 1.54) is 25.1 Å². The molecule has 1 saturated carbocycles. The lowest BCUT2D eigenvalue weighted by Gasteiger charge is -2.35. The summed E-state index contributed by atoms with van der Waals surface area (Å²) in [5.74, 6) is -3.05. The fourth-order valence-corrected chi connectivity index (χ4v) is 5.94. The van der Waals surface area contributed by atoms with Gasteiger partial charge in [-0.2, -0.15) is 4.98 Å². The Bertz CT molecular complexity index is 1280. The summed E-state index contributed by atoms with van der Waals surface area (Å²) in [6, 6.07) is 6.32. The van der Waals surface area contributed by atoms with Gasteiger partial charge in [0.2, 0.25) is 16.0 Å². The van der Waals surface area contributed by atoms with E-state index in [1.54, 1.807) is 23.1 Å². The number of halogens is 2. The van der Waals surface area contributed by atoms with Crippen LogP contribution in [0.1, 0.15) is 48.9 Å². The standard InChI is InChI=1S/C25H32F2N6O4S/c26-25(27)8-13-33(14-9-25)21-3-10-28-23(29-21)30-22(35)19-2-1-18(31-38(36,37)16-15-34)17-20(19)32-11-6-24(4-5-24)7-12-32/h1-3,10,17,31,34H,4-9,11-16H2,(H,28,29,30,35). The number of alkyl halides is 2. The summed E-state index contributed by atoms with van der Waals surface area (Å²) in [6.07, 6.45) is 5.42. The Kier molecular flexibility index (Phi) is 7.16. The van der Waals surface area contributed by atoms with Crippen molar-refractivity contribution in [1.29, 1.82) is 0 Å². The number of aliphatic hydroxyl groups is 1. The van der Waals surface area contributed by atoms with Crippen LogP contribution in [-0.4, -0.2) is 73.9 Å². The third-order valence-electron chi connectivity index (χ3n) is 7.68. The Morgan fingerprint density at radius 1 is 1.00 bits per heavy atom. The predicted octanol–water partition coefficient (Wildman–Crippen LogP) is 3.08. The van der Waals surface area contributed by atoms with E-state index in [0.717, 1.165) is 25.9 Å². The molecule has 206 valence electrons. The number of sulfonamides is 1. The number of hydrogen-bond donors (Lipinski definition) is 3. The van der Waals surface area contributed by atoms with Crippen molar-refractivity contribution in [1.82, 2.24) is 9.97 Å². The summed E-state index contributed by atoms with van der Waals surface area (Å²) in [6.45, 7) is 1.31. The molecule has 2 aliphatic heterocycles. The molecule has 1 amide bonds. The molecule has 1 spiro atoms. The minimum absolute atomic E-state index is 0.0547. The molecule has 3 fully saturated rings. The van der Waals surface area contributed by atoms with Gasteiger partial charge in [-0.25, -0.2) is 22.2 Å². The fraction of sp³-hybridized carbons (Fsp3) is 0.560. The van der Waals surface area contributed by atoms with E-state index in [1.807, 2.05) is 0 Å². The molecule has 1 aromatic heterocycles. The van der Waals surface area contributed by atoms with Crippen molar-refractivity contribution in [2.75, 3.05) is 58.4 Å². The SMILES string of the molecule is O=C(Nc1nccc(N2CCC(F)(F)CC2)n1)c1ccc(NS(=O)(=O)CCO)cc1N1CCC2(CC1)CC2. The summed E-state index contributed by atoms with van der Waals surface area (Å²) in [5.41, 5.74) is 1.65. The van der Waals surface area contributed by atoms with Gasteiger partial charge in [0, 0.05) is 45.2 Å². The summed E-state index contributed by atoms with van der Waals surface area (Å²) >= 11 is 0. The summed E-state index contributed by atoms with van der Waals surface area (Å²) < 4.78 is 54.0. The second-order valence-corrected chi connectivity index (χ2v) is 12.2. The zero-order valence-corrected chi connectivity index (χ0v) is 21.8. The summed E-state index contributed by atoms with van der Waals surface area (Å²) in [7, 11) is -3.74. The number of hydrogen-bond acceptors (Lipinski definition) is 8. The third kappa shape index (κ3) is 6.15.